The van der Waals surface area contributed by atoms with Crippen molar-refractivity contribution in [1.82, 2.24) is 0 Å². The molecule has 0 spiro atoms. The molecule has 1 unspecified atom stereocenters. The van der Waals surface area contributed by atoms with Crippen LogP contribution in [0, 0.1) is 12.8 Å². The van der Waals surface area contributed by atoms with E-state index in [1.165, 1.54) is 7.11 Å². The van der Waals surface area contributed by atoms with Gasteiger partial charge in [0, 0.05) is 5.69 Å². The van der Waals surface area contributed by atoms with E-state index in [4.69, 9.17) is 4.74 Å². The van der Waals surface area contributed by atoms with Crippen molar-refractivity contribution in [1.29, 1.82) is 0 Å². The molecule has 3 heteroatoms. The fourth-order valence-corrected chi connectivity index (χ4v) is 2.55. The summed E-state index contributed by atoms with van der Waals surface area (Å²) < 4.78 is 5.02. The number of para-hydroxylation sites is 1. The molecule has 0 aromatic heterocycles. The summed E-state index contributed by atoms with van der Waals surface area (Å²) in [4.78, 5) is 12.2. The number of esters is 1. The lowest BCUT2D eigenvalue weighted by Gasteiger charge is -2.32. The number of ether oxygens (including phenoxy) is 1. The number of methoxy groups -OCH3 is 1. The number of aryl methyl sites for hydroxylation is 1. The molecular formula is C15H21NO2. The molecule has 1 fully saturated rings. The molecule has 0 aliphatic heterocycles. The number of carbonyl (C=O) groups excluding carboxylic acids is 1. The van der Waals surface area contributed by atoms with Crippen LogP contribution in [0.3, 0.4) is 0 Å². The van der Waals surface area contributed by atoms with E-state index >= 15 is 0 Å². The van der Waals surface area contributed by atoms with E-state index in [2.05, 4.69) is 5.32 Å². The lowest BCUT2D eigenvalue weighted by atomic mass is 9.89. The fraction of sp³-hybridized carbons (Fsp3) is 0.533. The number of benzene rings is 1. The Labute approximate surface area is 109 Å². The molecule has 0 bridgehead atoms. The largest absolute Gasteiger partial charge is 0.467 e. The highest BCUT2D eigenvalue weighted by Gasteiger charge is 2.50. The monoisotopic (exact) mass is 247 g/mol. The second-order valence-electron chi connectivity index (χ2n) is 5.03. The Morgan fingerprint density at radius 3 is 2.61 bits per heavy atom. The van der Waals surface area contributed by atoms with Crippen LogP contribution in [0.25, 0.3) is 0 Å². The summed E-state index contributed by atoms with van der Waals surface area (Å²) in [5.41, 5.74) is 1.62. The van der Waals surface area contributed by atoms with Gasteiger partial charge in [-0.2, -0.15) is 0 Å². The van der Waals surface area contributed by atoms with Crippen molar-refractivity contribution in [3.8, 4) is 0 Å². The number of carbonyl (C=O) groups is 1. The zero-order valence-electron chi connectivity index (χ0n) is 11.3. The van der Waals surface area contributed by atoms with Crippen LogP contribution in [0.1, 0.15) is 31.7 Å². The van der Waals surface area contributed by atoms with E-state index < -0.39 is 5.54 Å². The smallest absolute Gasteiger partial charge is 0.331 e. The van der Waals surface area contributed by atoms with Crippen LogP contribution in [0.15, 0.2) is 24.3 Å². The van der Waals surface area contributed by atoms with Crippen LogP contribution in [-0.4, -0.2) is 18.6 Å². The van der Waals surface area contributed by atoms with E-state index in [1.807, 2.05) is 38.1 Å². The van der Waals surface area contributed by atoms with Gasteiger partial charge >= 0.3 is 5.97 Å². The van der Waals surface area contributed by atoms with Gasteiger partial charge in [0.2, 0.25) is 0 Å². The molecule has 0 radical (unpaired) electrons. The van der Waals surface area contributed by atoms with Gasteiger partial charge in [-0.3, -0.25) is 0 Å². The van der Waals surface area contributed by atoms with Crippen molar-refractivity contribution in [2.75, 3.05) is 12.4 Å². The summed E-state index contributed by atoms with van der Waals surface area (Å²) in [6, 6.07) is 8.06. The maximum atomic E-state index is 12.2. The second kappa shape index (κ2) is 5.01. The molecule has 1 N–H and O–H groups in total. The number of hydrogen-bond acceptors (Lipinski definition) is 3. The first-order valence-electron chi connectivity index (χ1n) is 6.56. The van der Waals surface area contributed by atoms with E-state index in [0.29, 0.717) is 5.92 Å². The molecule has 98 valence electrons. The van der Waals surface area contributed by atoms with Gasteiger partial charge in [0.15, 0.2) is 0 Å². The summed E-state index contributed by atoms with van der Waals surface area (Å²) in [6.45, 7) is 4.09. The Morgan fingerprint density at radius 1 is 1.44 bits per heavy atom. The Hall–Kier alpha value is -1.51. The molecule has 1 saturated carbocycles. The fourth-order valence-electron chi connectivity index (χ4n) is 2.55. The minimum absolute atomic E-state index is 0.143. The first kappa shape index (κ1) is 12.9. The van der Waals surface area contributed by atoms with Crippen molar-refractivity contribution in [2.45, 2.75) is 38.6 Å². The maximum absolute atomic E-state index is 12.2. The lowest BCUT2D eigenvalue weighted by Crippen LogP contribution is -2.49. The van der Waals surface area contributed by atoms with E-state index in [1.54, 1.807) is 0 Å². The SMILES string of the molecule is CCC(Nc1ccccc1C)(C(=O)OC)C1CC1. The predicted molar refractivity (Wildman–Crippen MR) is 72.6 cm³/mol. The summed E-state index contributed by atoms with van der Waals surface area (Å²) in [7, 11) is 1.47. The molecule has 0 saturated heterocycles. The van der Waals surface area contributed by atoms with Gasteiger partial charge in [-0.05, 0) is 43.7 Å². The molecule has 18 heavy (non-hydrogen) atoms. The molecule has 1 aromatic rings. The van der Waals surface area contributed by atoms with Crippen LogP contribution in [-0.2, 0) is 9.53 Å². The molecule has 1 aliphatic rings. The third-order valence-electron chi connectivity index (χ3n) is 3.88. The first-order valence-corrected chi connectivity index (χ1v) is 6.56. The van der Waals surface area contributed by atoms with Gasteiger partial charge in [0.05, 0.1) is 7.11 Å². The quantitative estimate of drug-likeness (QED) is 0.812. The highest BCUT2D eigenvalue weighted by molar-refractivity contribution is 5.85. The number of rotatable bonds is 5. The van der Waals surface area contributed by atoms with Gasteiger partial charge in [-0.15, -0.1) is 0 Å². The molecule has 3 nitrogen and oxygen atoms in total. The zero-order chi connectivity index (χ0) is 13.2. The molecule has 0 heterocycles. The molecule has 0 amide bonds. The molecular weight excluding hydrogens is 226 g/mol. The van der Waals surface area contributed by atoms with Gasteiger partial charge < -0.3 is 10.1 Å². The van der Waals surface area contributed by atoms with Crippen molar-refractivity contribution < 1.29 is 9.53 Å². The number of anilines is 1. The first-order chi connectivity index (χ1) is 8.64. The average molecular weight is 247 g/mol. The lowest BCUT2D eigenvalue weighted by molar-refractivity contribution is -0.147. The van der Waals surface area contributed by atoms with Crippen LogP contribution in [0.4, 0.5) is 5.69 Å². The Morgan fingerprint density at radius 2 is 2.11 bits per heavy atom. The molecule has 1 aromatic carbocycles. The van der Waals surface area contributed by atoms with Crippen molar-refractivity contribution in [2.24, 2.45) is 5.92 Å². The van der Waals surface area contributed by atoms with E-state index in [0.717, 1.165) is 30.5 Å². The van der Waals surface area contributed by atoms with Crippen LogP contribution in [0.2, 0.25) is 0 Å². The van der Waals surface area contributed by atoms with E-state index in [9.17, 15) is 4.79 Å². The van der Waals surface area contributed by atoms with Gasteiger partial charge in [0.25, 0.3) is 0 Å². The maximum Gasteiger partial charge on any atom is 0.331 e. The van der Waals surface area contributed by atoms with Crippen molar-refractivity contribution in [3.05, 3.63) is 29.8 Å². The third-order valence-corrected chi connectivity index (χ3v) is 3.88. The predicted octanol–water partition coefficient (Wildman–Crippen LogP) is 3.14. The molecule has 2 rings (SSSR count). The van der Waals surface area contributed by atoms with Gasteiger partial charge in [0.1, 0.15) is 5.54 Å². The Bertz CT molecular complexity index is 440. The van der Waals surface area contributed by atoms with E-state index in [-0.39, 0.29) is 5.97 Å². The van der Waals surface area contributed by atoms with Crippen molar-refractivity contribution >= 4 is 11.7 Å². The third kappa shape index (κ3) is 2.22. The van der Waals surface area contributed by atoms with Gasteiger partial charge in [-0.25, -0.2) is 4.79 Å². The Balaban J connectivity index is 2.30. The second-order valence-corrected chi connectivity index (χ2v) is 5.03. The minimum atomic E-state index is -0.555. The highest BCUT2D eigenvalue weighted by atomic mass is 16.5. The van der Waals surface area contributed by atoms with Gasteiger partial charge in [-0.1, -0.05) is 25.1 Å². The number of hydrogen-bond donors (Lipinski definition) is 1. The summed E-state index contributed by atoms with van der Waals surface area (Å²) >= 11 is 0. The minimum Gasteiger partial charge on any atom is -0.467 e. The topological polar surface area (TPSA) is 38.3 Å². The summed E-state index contributed by atoms with van der Waals surface area (Å²) in [5.74, 6) is 0.255. The average Bonchev–Trinajstić information content (AvgIpc) is 3.22. The van der Waals surface area contributed by atoms with Crippen molar-refractivity contribution in [3.63, 3.8) is 0 Å². The van der Waals surface area contributed by atoms with Crippen LogP contribution < -0.4 is 5.32 Å². The zero-order valence-corrected chi connectivity index (χ0v) is 11.3. The standard InChI is InChI=1S/C15H21NO2/c1-4-15(12-9-10-12,14(17)18-3)16-13-8-6-5-7-11(13)2/h5-8,12,16H,4,9-10H2,1-3H3. The molecule has 1 atom stereocenters. The highest BCUT2D eigenvalue weighted by Crippen LogP contribution is 2.44. The normalized spacial score (nSPS) is 17.9. The summed E-state index contributed by atoms with van der Waals surface area (Å²) in [5, 5.41) is 3.45. The van der Waals surface area contributed by atoms with Crippen LogP contribution in [0.5, 0.6) is 0 Å². The Kier molecular flexibility index (Phi) is 3.60. The van der Waals surface area contributed by atoms with Crippen LogP contribution >= 0.6 is 0 Å². The summed E-state index contributed by atoms with van der Waals surface area (Å²) in [6.07, 6.45) is 2.95. The number of nitrogens with one attached hydrogen (secondary N) is 1. The molecule has 1 aliphatic carbocycles.